The molecular formula is C17H11Cl2F2NOS. The second-order valence-corrected chi connectivity index (χ2v) is 6.85. The van der Waals surface area contributed by atoms with E-state index < -0.39 is 6.61 Å². The van der Waals surface area contributed by atoms with Crippen LogP contribution in [0.1, 0.15) is 5.69 Å². The Morgan fingerprint density at radius 3 is 2.46 bits per heavy atom. The molecule has 0 atom stereocenters. The lowest BCUT2D eigenvalue weighted by Gasteiger charge is -2.16. The van der Waals surface area contributed by atoms with Gasteiger partial charge in [-0.05, 0) is 43.3 Å². The molecule has 0 aliphatic heterocycles. The molecule has 1 aromatic heterocycles. The molecule has 0 spiro atoms. The van der Waals surface area contributed by atoms with Gasteiger partial charge in [-0.3, -0.25) is 4.98 Å². The van der Waals surface area contributed by atoms with Crippen LogP contribution in [0.2, 0.25) is 10.0 Å². The summed E-state index contributed by atoms with van der Waals surface area (Å²) in [5.41, 5.74) is 0.999. The van der Waals surface area contributed by atoms with Gasteiger partial charge in [-0.25, -0.2) is 0 Å². The van der Waals surface area contributed by atoms with Crippen LogP contribution in [0.3, 0.4) is 0 Å². The minimum atomic E-state index is -2.95. The number of hydrogen-bond acceptors (Lipinski definition) is 3. The van der Waals surface area contributed by atoms with Gasteiger partial charge in [0.05, 0.1) is 21.1 Å². The third-order valence-corrected chi connectivity index (χ3v) is 5.04. The van der Waals surface area contributed by atoms with Crippen LogP contribution in [0.15, 0.2) is 52.3 Å². The largest absolute Gasteiger partial charge is 0.433 e. The number of hydrogen-bond donors (Lipinski definition) is 0. The number of alkyl halides is 2. The first kappa shape index (κ1) is 17.3. The molecule has 0 amide bonds. The Morgan fingerprint density at radius 1 is 1.08 bits per heavy atom. The second kappa shape index (κ2) is 7.13. The summed E-state index contributed by atoms with van der Waals surface area (Å²) in [6.07, 6.45) is 0. The van der Waals surface area contributed by atoms with Crippen LogP contribution in [0, 0.1) is 6.92 Å². The average molecular weight is 386 g/mol. The molecule has 3 aromatic rings. The highest BCUT2D eigenvalue weighted by Gasteiger charge is 2.19. The normalized spacial score (nSPS) is 11.2. The van der Waals surface area contributed by atoms with E-state index in [2.05, 4.69) is 4.98 Å². The summed E-state index contributed by atoms with van der Waals surface area (Å²) >= 11 is 13.3. The molecular weight excluding hydrogens is 375 g/mol. The first-order valence-electron chi connectivity index (χ1n) is 6.93. The summed E-state index contributed by atoms with van der Waals surface area (Å²) < 4.78 is 30.7. The van der Waals surface area contributed by atoms with Crippen molar-refractivity contribution in [3.63, 3.8) is 0 Å². The molecule has 3 rings (SSSR count). The molecule has 2 aromatic carbocycles. The van der Waals surface area contributed by atoms with Gasteiger partial charge < -0.3 is 4.74 Å². The number of halogens is 4. The van der Waals surface area contributed by atoms with Crippen molar-refractivity contribution in [2.24, 2.45) is 0 Å². The van der Waals surface area contributed by atoms with E-state index in [1.54, 1.807) is 49.4 Å². The first-order valence-corrected chi connectivity index (χ1v) is 8.50. The summed E-state index contributed by atoms with van der Waals surface area (Å²) in [6, 6.07) is 12.1. The molecule has 0 unspecified atom stereocenters. The van der Waals surface area contributed by atoms with E-state index in [-0.39, 0.29) is 5.75 Å². The van der Waals surface area contributed by atoms with E-state index in [0.29, 0.717) is 31.5 Å². The molecule has 24 heavy (non-hydrogen) atoms. The SMILES string of the molecule is Cc1nc2c(Cl)cccc2c(OC(F)F)c1Sc1ccc(Cl)cc1. The molecule has 0 radical (unpaired) electrons. The molecule has 2 nitrogen and oxygen atoms in total. The lowest BCUT2D eigenvalue weighted by atomic mass is 10.2. The Balaban J connectivity index is 2.17. The molecule has 0 saturated carbocycles. The predicted molar refractivity (Wildman–Crippen MR) is 93.7 cm³/mol. The monoisotopic (exact) mass is 385 g/mol. The minimum Gasteiger partial charge on any atom is -0.433 e. The van der Waals surface area contributed by atoms with E-state index in [9.17, 15) is 8.78 Å². The van der Waals surface area contributed by atoms with Crippen molar-refractivity contribution >= 4 is 45.9 Å². The van der Waals surface area contributed by atoms with Gasteiger partial charge in [-0.1, -0.05) is 41.0 Å². The van der Waals surface area contributed by atoms with Crippen LogP contribution in [0.25, 0.3) is 10.9 Å². The molecule has 0 N–H and O–H groups in total. The van der Waals surface area contributed by atoms with Gasteiger partial charge in [-0.2, -0.15) is 8.78 Å². The van der Waals surface area contributed by atoms with Crippen molar-refractivity contribution in [1.82, 2.24) is 4.98 Å². The lowest BCUT2D eigenvalue weighted by molar-refractivity contribution is -0.0506. The van der Waals surface area contributed by atoms with Gasteiger partial charge in [0.15, 0.2) is 5.75 Å². The summed E-state index contributed by atoms with van der Waals surface area (Å²) in [5.74, 6) is 0.0787. The number of benzene rings is 2. The Bertz CT molecular complexity index is 888. The standard InChI is InChI=1S/C17H11Cl2F2NOS/c1-9-16(24-11-7-5-10(18)6-8-11)15(23-17(20)21)12-3-2-4-13(19)14(12)22-9/h2-8,17H,1H3. The number of ether oxygens (including phenoxy) is 1. The van der Waals surface area contributed by atoms with E-state index in [1.807, 2.05) is 0 Å². The van der Waals surface area contributed by atoms with Crippen LogP contribution >= 0.6 is 35.0 Å². The summed E-state index contributed by atoms with van der Waals surface area (Å²) in [5, 5.41) is 1.44. The zero-order valence-corrected chi connectivity index (χ0v) is 14.7. The summed E-state index contributed by atoms with van der Waals surface area (Å²) in [4.78, 5) is 5.81. The molecule has 0 bridgehead atoms. The Hall–Kier alpha value is -1.56. The molecule has 0 fully saturated rings. The van der Waals surface area contributed by atoms with Crippen molar-refractivity contribution in [1.29, 1.82) is 0 Å². The number of rotatable bonds is 4. The first-order chi connectivity index (χ1) is 11.5. The number of pyridine rings is 1. The van der Waals surface area contributed by atoms with Gasteiger partial charge in [0.25, 0.3) is 0 Å². The maximum Gasteiger partial charge on any atom is 0.387 e. The predicted octanol–water partition coefficient (Wildman–Crippen LogP) is 6.60. The third-order valence-electron chi connectivity index (χ3n) is 3.29. The van der Waals surface area contributed by atoms with Gasteiger partial charge in [0.2, 0.25) is 0 Å². The number of para-hydroxylation sites is 1. The fraction of sp³-hybridized carbons (Fsp3) is 0.118. The van der Waals surface area contributed by atoms with Crippen molar-refractivity contribution in [3.8, 4) is 5.75 Å². The average Bonchev–Trinajstić information content (AvgIpc) is 2.53. The van der Waals surface area contributed by atoms with Gasteiger partial charge >= 0.3 is 6.61 Å². The molecule has 7 heteroatoms. The topological polar surface area (TPSA) is 22.1 Å². The zero-order valence-electron chi connectivity index (χ0n) is 12.4. The fourth-order valence-electron chi connectivity index (χ4n) is 2.26. The van der Waals surface area contributed by atoms with Crippen LogP contribution in [-0.2, 0) is 0 Å². The number of nitrogens with zero attached hydrogens (tertiary/aromatic N) is 1. The van der Waals surface area contributed by atoms with Crippen molar-refractivity contribution < 1.29 is 13.5 Å². The Labute approximate surface area is 151 Å². The molecule has 0 aliphatic rings. The molecule has 0 aliphatic carbocycles. The molecule has 1 heterocycles. The minimum absolute atomic E-state index is 0.0787. The van der Waals surface area contributed by atoms with E-state index >= 15 is 0 Å². The molecule has 0 saturated heterocycles. The van der Waals surface area contributed by atoms with Crippen LogP contribution in [0.5, 0.6) is 5.75 Å². The number of fused-ring (bicyclic) bond motifs is 1. The van der Waals surface area contributed by atoms with E-state index in [1.165, 1.54) is 11.8 Å². The van der Waals surface area contributed by atoms with Crippen LogP contribution < -0.4 is 4.74 Å². The maximum absolute atomic E-state index is 13.0. The smallest absolute Gasteiger partial charge is 0.387 e. The Morgan fingerprint density at radius 2 is 1.79 bits per heavy atom. The van der Waals surface area contributed by atoms with Crippen LogP contribution in [-0.4, -0.2) is 11.6 Å². The van der Waals surface area contributed by atoms with Crippen molar-refractivity contribution in [2.45, 2.75) is 23.3 Å². The Kier molecular flexibility index (Phi) is 5.13. The van der Waals surface area contributed by atoms with Crippen molar-refractivity contribution in [2.75, 3.05) is 0 Å². The fourth-order valence-corrected chi connectivity index (χ4v) is 3.56. The third kappa shape index (κ3) is 3.58. The quantitative estimate of drug-likeness (QED) is 0.504. The van der Waals surface area contributed by atoms with Crippen molar-refractivity contribution in [3.05, 3.63) is 58.2 Å². The number of aromatic nitrogens is 1. The van der Waals surface area contributed by atoms with Gasteiger partial charge in [0.1, 0.15) is 0 Å². The highest BCUT2D eigenvalue weighted by molar-refractivity contribution is 7.99. The highest BCUT2D eigenvalue weighted by atomic mass is 35.5. The zero-order chi connectivity index (χ0) is 17.3. The van der Waals surface area contributed by atoms with E-state index in [0.717, 1.165) is 4.90 Å². The van der Waals surface area contributed by atoms with Crippen LogP contribution in [0.4, 0.5) is 8.78 Å². The summed E-state index contributed by atoms with van der Waals surface area (Å²) in [7, 11) is 0. The van der Waals surface area contributed by atoms with E-state index in [4.69, 9.17) is 27.9 Å². The highest BCUT2D eigenvalue weighted by Crippen LogP contribution is 2.43. The lowest BCUT2D eigenvalue weighted by Crippen LogP contribution is -2.05. The molecule has 124 valence electrons. The number of aryl methyl sites for hydroxylation is 1. The van der Waals surface area contributed by atoms with Gasteiger partial charge in [-0.15, -0.1) is 0 Å². The summed E-state index contributed by atoms with van der Waals surface area (Å²) in [6.45, 7) is -1.21. The second-order valence-electron chi connectivity index (χ2n) is 4.93. The maximum atomic E-state index is 13.0. The van der Waals surface area contributed by atoms with Gasteiger partial charge in [0, 0.05) is 15.3 Å².